The number of ketones is 1. The molecule has 36 heavy (non-hydrogen) atoms. The summed E-state index contributed by atoms with van der Waals surface area (Å²) in [6.45, 7) is 0.671. The van der Waals surface area contributed by atoms with Gasteiger partial charge >= 0.3 is 6.18 Å². The van der Waals surface area contributed by atoms with Crippen LogP contribution in [0, 0.1) is 5.41 Å². The van der Waals surface area contributed by atoms with Crippen LogP contribution in [0.3, 0.4) is 0 Å². The molecule has 0 spiro atoms. The lowest BCUT2D eigenvalue weighted by molar-refractivity contribution is -0.137. The number of benzene rings is 2. The number of nitrogens with two attached hydrogens (primary N) is 1. The number of hydrogen-bond donors (Lipinski definition) is 3. The van der Waals surface area contributed by atoms with Gasteiger partial charge in [0.2, 0.25) is 5.91 Å². The van der Waals surface area contributed by atoms with Gasteiger partial charge in [0.25, 0.3) is 0 Å². The highest BCUT2D eigenvalue weighted by Crippen LogP contribution is 2.36. The number of nitrogens with zero attached hydrogens (tertiary/aromatic N) is 1. The molecule has 1 aliphatic rings. The Hall–Kier alpha value is -3.92. The standard InChI is InChI=1S/C26H25F3N4O3/c27-26(28,29)19-4-1-2-5-20(19)32-18-10-8-17(9-11-18)15-31-24(35)25(12-13-36-16-25)14-22(34)21-6-3-7-23(30)33-21/h1-11,32H,12-16H2,(H2,30,33)(H,31,35)/t25-/m0/s1. The Labute approximate surface area is 205 Å². The van der Waals surface area contributed by atoms with Gasteiger partial charge < -0.3 is 21.1 Å². The summed E-state index contributed by atoms with van der Waals surface area (Å²) >= 11 is 0. The van der Waals surface area contributed by atoms with Gasteiger partial charge in [-0.05, 0) is 48.4 Å². The normalized spacial score (nSPS) is 17.5. The van der Waals surface area contributed by atoms with E-state index >= 15 is 0 Å². The molecule has 1 aromatic heterocycles. The summed E-state index contributed by atoms with van der Waals surface area (Å²) in [5.74, 6) is -0.377. The maximum absolute atomic E-state index is 13.2. The average molecular weight is 499 g/mol. The van der Waals surface area contributed by atoms with Crippen LogP contribution in [-0.2, 0) is 22.3 Å². The first-order chi connectivity index (χ1) is 17.2. The summed E-state index contributed by atoms with van der Waals surface area (Å²) in [5.41, 5.74) is 5.28. The number of amides is 1. The van der Waals surface area contributed by atoms with Gasteiger partial charge in [0.1, 0.15) is 11.5 Å². The van der Waals surface area contributed by atoms with E-state index in [0.717, 1.165) is 11.6 Å². The molecule has 1 saturated heterocycles. The van der Waals surface area contributed by atoms with Gasteiger partial charge in [-0.2, -0.15) is 13.2 Å². The van der Waals surface area contributed by atoms with Crippen LogP contribution in [0.4, 0.5) is 30.4 Å². The van der Waals surface area contributed by atoms with E-state index in [2.05, 4.69) is 15.6 Å². The van der Waals surface area contributed by atoms with Crippen molar-refractivity contribution >= 4 is 28.9 Å². The van der Waals surface area contributed by atoms with Gasteiger partial charge in [-0.3, -0.25) is 9.59 Å². The Bertz CT molecular complexity index is 1240. The molecule has 2 heterocycles. The van der Waals surface area contributed by atoms with Crippen molar-refractivity contribution in [2.75, 3.05) is 24.3 Å². The number of hydrogen-bond acceptors (Lipinski definition) is 6. The number of carbonyl (C=O) groups excluding carboxylic acids is 2. The molecule has 0 aliphatic carbocycles. The van der Waals surface area contributed by atoms with Gasteiger partial charge in [0.15, 0.2) is 5.78 Å². The summed E-state index contributed by atoms with van der Waals surface area (Å²) in [6, 6.07) is 16.7. The average Bonchev–Trinajstić information content (AvgIpc) is 3.33. The third kappa shape index (κ3) is 5.83. The zero-order valence-electron chi connectivity index (χ0n) is 19.3. The molecule has 1 aliphatic heterocycles. The predicted octanol–water partition coefficient (Wildman–Crippen LogP) is 4.72. The second-order valence-electron chi connectivity index (χ2n) is 8.68. The van der Waals surface area contributed by atoms with Crippen molar-refractivity contribution in [2.24, 2.45) is 5.41 Å². The number of carbonyl (C=O) groups is 2. The lowest BCUT2D eigenvalue weighted by Crippen LogP contribution is -2.42. The van der Waals surface area contributed by atoms with E-state index in [1.807, 2.05) is 0 Å². The largest absolute Gasteiger partial charge is 0.418 e. The maximum Gasteiger partial charge on any atom is 0.418 e. The van der Waals surface area contributed by atoms with Crippen molar-refractivity contribution < 1.29 is 27.5 Å². The second kappa shape index (κ2) is 10.4. The van der Waals surface area contributed by atoms with Gasteiger partial charge in [-0.15, -0.1) is 0 Å². The van der Waals surface area contributed by atoms with Gasteiger partial charge in [0, 0.05) is 25.3 Å². The van der Waals surface area contributed by atoms with E-state index in [9.17, 15) is 22.8 Å². The smallest absolute Gasteiger partial charge is 0.384 e. The van der Waals surface area contributed by atoms with Gasteiger partial charge in [-0.1, -0.05) is 30.3 Å². The highest BCUT2D eigenvalue weighted by molar-refractivity contribution is 5.98. The highest BCUT2D eigenvalue weighted by atomic mass is 19.4. The van der Waals surface area contributed by atoms with Crippen LogP contribution in [0.5, 0.6) is 0 Å². The van der Waals surface area contributed by atoms with Crippen LogP contribution in [-0.4, -0.2) is 29.9 Å². The number of alkyl halides is 3. The lowest BCUT2D eigenvalue weighted by Gasteiger charge is -2.25. The molecule has 0 radical (unpaired) electrons. The molecular formula is C26H25F3N4O3. The van der Waals surface area contributed by atoms with Crippen LogP contribution in [0.2, 0.25) is 0 Å². The van der Waals surface area contributed by atoms with Crippen molar-refractivity contribution in [3.63, 3.8) is 0 Å². The van der Waals surface area contributed by atoms with E-state index in [0.29, 0.717) is 18.7 Å². The van der Waals surface area contributed by atoms with Crippen molar-refractivity contribution in [3.8, 4) is 0 Å². The molecule has 1 amide bonds. The Kier molecular flexibility index (Phi) is 7.25. The molecule has 4 N–H and O–H groups in total. The molecule has 3 aromatic rings. The fourth-order valence-electron chi connectivity index (χ4n) is 4.08. The summed E-state index contributed by atoms with van der Waals surface area (Å²) < 4.78 is 45.1. The van der Waals surface area contributed by atoms with Gasteiger partial charge in [-0.25, -0.2) is 4.98 Å². The molecule has 0 saturated carbocycles. The SMILES string of the molecule is Nc1cccc(C(=O)C[C@@]2(C(=O)NCc3ccc(Nc4ccccc4C(F)(F)F)cc3)CCOC2)n1. The Morgan fingerprint density at radius 2 is 1.78 bits per heavy atom. The number of pyridine rings is 1. The summed E-state index contributed by atoms with van der Waals surface area (Å²) in [7, 11) is 0. The first kappa shape index (κ1) is 25.2. The first-order valence-corrected chi connectivity index (χ1v) is 11.3. The van der Waals surface area contributed by atoms with Crippen molar-refractivity contribution in [2.45, 2.75) is 25.6 Å². The molecule has 188 valence electrons. The molecule has 1 atom stereocenters. The molecule has 0 unspecified atom stereocenters. The number of Topliss-reactive ketones (excluding diaryl/α,β-unsaturated/α-hetero) is 1. The van der Waals surface area contributed by atoms with Crippen LogP contribution < -0.4 is 16.4 Å². The van der Waals surface area contributed by atoms with Crippen LogP contribution in [0.15, 0.2) is 66.7 Å². The monoisotopic (exact) mass is 498 g/mol. The summed E-state index contributed by atoms with van der Waals surface area (Å²) in [6.07, 6.45) is -4.14. The Balaban J connectivity index is 1.39. The number of halogens is 3. The molecular weight excluding hydrogens is 473 g/mol. The number of ether oxygens (including phenoxy) is 1. The fraction of sp³-hybridized carbons (Fsp3) is 0.269. The van der Waals surface area contributed by atoms with Crippen molar-refractivity contribution in [1.82, 2.24) is 10.3 Å². The number of nitrogens with one attached hydrogen (secondary N) is 2. The van der Waals surface area contributed by atoms with Crippen LogP contribution in [0.25, 0.3) is 0 Å². The molecule has 4 rings (SSSR count). The quantitative estimate of drug-likeness (QED) is 0.388. The number of nitrogen functional groups attached to an aromatic ring is 1. The number of aromatic nitrogens is 1. The van der Waals surface area contributed by atoms with Crippen LogP contribution >= 0.6 is 0 Å². The Morgan fingerprint density at radius 1 is 1.03 bits per heavy atom. The second-order valence-corrected chi connectivity index (χ2v) is 8.68. The van der Waals surface area contributed by atoms with E-state index in [4.69, 9.17) is 10.5 Å². The highest BCUT2D eigenvalue weighted by Gasteiger charge is 2.44. The fourth-order valence-corrected chi connectivity index (χ4v) is 4.08. The molecule has 1 fully saturated rings. The minimum absolute atomic E-state index is 0.0476. The summed E-state index contributed by atoms with van der Waals surface area (Å²) in [5, 5.41) is 5.65. The van der Waals surface area contributed by atoms with E-state index in [1.165, 1.54) is 18.2 Å². The predicted molar refractivity (Wildman–Crippen MR) is 128 cm³/mol. The third-order valence-corrected chi connectivity index (χ3v) is 6.06. The third-order valence-electron chi connectivity index (χ3n) is 6.06. The maximum atomic E-state index is 13.2. The number of para-hydroxylation sites is 1. The number of anilines is 3. The topological polar surface area (TPSA) is 106 Å². The van der Waals surface area contributed by atoms with Crippen molar-refractivity contribution in [1.29, 1.82) is 0 Å². The lowest BCUT2D eigenvalue weighted by atomic mass is 9.80. The first-order valence-electron chi connectivity index (χ1n) is 11.3. The van der Waals surface area contributed by atoms with E-state index in [1.54, 1.807) is 42.5 Å². The molecule has 2 aromatic carbocycles. The zero-order valence-corrected chi connectivity index (χ0v) is 19.3. The number of rotatable bonds is 8. The Morgan fingerprint density at radius 3 is 2.44 bits per heavy atom. The minimum Gasteiger partial charge on any atom is -0.384 e. The minimum atomic E-state index is -4.47. The zero-order chi connectivity index (χ0) is 25.8. The van der Waals surface area contributed by atoms with E-state index < -0.39 is 17.2 Å². The van der Waals surface area contributed by atoms with Crippen molar-refractivity contribution in [3.05, 3.63) is 83.6 Å². The molecule has 0 bridgehead atoms. The molecule has 10 heteroatoms. The van der Waals surface area contributed by atoms with Gasteiger partial charge in [0.05, 0.1) is 23.3 Å². The molecule has 7 nitrogen and oxygen atoms in total. The summed E-state index contributed by atoms with van der Waals surface area (Å²) in [4.78, 5) is 29.9. The van der Waals surface area contributed by atoms with Crippen LogP contribution in [0.1, 0.15) is 34.5 Å². The van der Waals surface area contributed by atoms with E-state index in [-0.39, 0.29) is 48.5 Å².